The fraction of sp³-hybridized carbons (Fsp3) is 0.364. The summed E-state index contributed by atoms with van der Waals surface area (Å²) in [4.78, 5) is 24.6. The van der Waals surface area contributed by atoms with E-state index in [-0.39, 0.29) is 12.0 Å². The standard InChI is InChI=1S/C22H27NO4/c1-14(2)26-13-18-7-9-19(10-8-18)22(25)27-17(5)21(24)23-20-11-6-15(3)12-16(20)4/h6-12,14,17H,13H2,1-5H3,(H,23,24)/t17-/m1/s1. The lowest BCUT2D eigenvalue weighted by Gasteiger charge is -2.15. The Hall–Kier alpha value is -2.66. The van der Waals surface area contributed by atoms with Gasteiger partial charge >= 0.3 is 5.97 Å². The predicted molar refractivity (Wildman–Crippen MR) is 106 cm³/mol. The molecule has 0 aliphatic heterocycles. The van der Waals surface area contributed by atoms with Gasteiger partial charge in [-0.15, -0.1) is 0 Å². The lowest BCUT2D eigenvalue weighted by atomic mass is 10.1. The lowest BCUT2D eigenvalue weighted by Crippen LogP contribution is -2.30. The van der Waals surface area contributed by atoms with Crippen molar-refractivity contribution in [3.63, 3.8) is 0 Å². The zero-order valence-corrected chi connectivity index (χ0v) is 16.5. The van der Waals surface area contributed by atoms with Crippen molar-refractivity contribution >= 4 is 17.6 Å². The van der Waals surface area contributed by atoms with Crippen LogP contribution in [-0.2, 0) is 20.9 Å². The molecule has 144 valence electrons. The highest BCUT2D eigenvalue weighted by Gasteiger charge is 2.19. The van der Waals surface area contributed by atoms with E-state index in [2.05, 4.69) is 5.32 Å². The van der Waals surface area contributed by atoms with E-state index in [0.717, 1.165) is 16.7 Å². The number of anilines is 1. The van der Waals surface area contributed by atoms with Gasteiger partial charge in [-0.25, -0.2) is 4.79 Å². The minimum absolute atomic E-state index is 0.145. The summed E-state index contributed by atoms with van der Waals surface area (Å²) in [6, 6.07) is 12.7. The zero-order chi connectivity index (χ0) is 20.0. The Morgan fingerprint density at radius 2 is 1.67 bits per heavy atom. The van der Waals surface area contributed by atoms with E-state index < -0.39 is 12.1 Å². The van der Waals surface area contributed by atoms with E-state index in [0.29, 0.717) is 17.9 Å². The highest BCUT2D eigenvalue weighted by molar-refractivity contribution is 5.97. The maximum Gasteiger partial charge on any atom is 0.338 e. The lowest BCUT2D eigenvalue weighted by molar-refractivity contribution is -0.123. The van der Waals surface area contributed by atoms with Gasteiger partial charge in [0.2, 0.25) is 0 Å². The molecule has 27 heavy (non-hydrogen) atoms. The van der Waals surface area contributed by atoms with Gasteiger partial charge in [-0.1, -0.05) is 29.8 Å². The number of benzene rings is 2. The average Bonchev–Trinajstić information content (AvgIpc) is 2.62. The van der Waals surface area contributed by atoms with Crippen LogP contribution in [0, 0.1) is 13.8 Å². The number of carbonyl (C=O) groups excluding carboxylic acids is 2. The van der Waals surface area contributed by atoms with E-state index in [1.807, 2.05) is 58.0 Å². The van der Waals surface area contributed by atoms with Crippen molar-refractivity contribution in [2.24, 2.45) is 0 Å². The van der Waals surface area contributed by atoms with Gasteiger partial charge in [0.05, 0.1) is 18.3 Å². The van der Waals surface area contributed by atoms with Crippen LogP contribution in [0.5, 0.6) is 0 Å². The molecular weight excluding hydrogens is 342 g/mol. The molecule has 5 nitrogen and oxygen atoms in total. The fourth-order valence-corrected chi connectivity index (χ4v) is 2.47. The molecular formula is C22H27NO4. The fourth-order valence-electron chi connectivity index (χ4n) is 2.47. The normalized spacial score (nSPS) is 11.9. The minimum Gasteiger partial charge on any atom is -0.449 e. The quantitative estimate of drug-likeness (QED) is 0.734. The van der Waals surface area contributed by atoms with Crippen molar-refractivity contribution in [1.82, 2.24) is 0 Å². The van der Waals surface area contributed by atoms with Crippen molar-refractivity contribution in [3.05, 3.63) is 64.7 Å². The largest absolute Gasteiger partial charge is 0.449 e. The van der Waals surface area contributed by atoms with E-state index in [9.17, 15) is 9.59 Å². The number of ether oxygens (including phenoxy) is 2. The third kappa shape index (κ3) is 6.22. The molecule has 2 rings (SSSR count). The smallest absolute Gasteiger partial charge is 0.338 e. The number of aryl methyl sites for hydroxylation is 2. The number of amides is 1. The SMILES string of the molecule is Cc1ccc(NC(=O)[C@@H](C)OC(=O)c2ccc(COC(C)C)cc2)c(C)c1. The third-order valence-electron chi connectivity index (χ3n) is 4.07. The van der Waals surface area contributed by atoms with Crippen molar-refractivity contribution in [2.45, 2.75) is 53.4 Å². The Morgan fingerprint density at radius 3 is 2.26 bits per heavy atom. The summed E-state index contributed by atoms with van der Waals surface area (Å²) in [5.74, 6) is -0.896. The summed E-state index contributed by atoms with van der Waals surface area (Å²) in [7, 11) is 0. The Kier molecular flexibility index (Phi) is 7.13. The summed E-state index contributed by atoms with van der Waals surface area (Å²) < 4.78 is 10.8. The van der Waals surface area contributed by atoms with Crippen LogP contribution in [0.2, 0.25) is 0 Å². The Bertz CT molecular complexity index is 796. The van der Waals surface area contributed by atoms with Gasteiger partial charge in [-0.2, -0.15) is 0 Å². The average molecular weight is 369 g/mol. The molecule has 0 aromatic heterocycles. The number of carbonyl (C=O) groups is 2. The second-order valence-electron chi connectivity index (χ2n) is 6.91. The molecule has 0 unspecified atom stereocenters. The second kappa shape index (κ2) is 9.33. The molecule has 0 spiro atoms. The molecule has 0 aliphatic rings. The van der Waals surface area contributed by atoms with Crippen LogP contribution >= 0.6 is 0 Å². The molecule has 2 aromatic rings. The summed E-state index contributed by atoms with van der Waals surface area (Å²) in [5, 5.41) is 2.80. The molecule has 0 heterocycles. The number of rotatable bonds is 7. The van der Waals surface area contributed by atoms with Gasteiger partial charge in [0.25, 0.3) is 5.91 Å². The number of hydrogen-bond acceptors (Lipinski definition) is 4. The Balaban J connectivity index is 1.93. The van der Waals surface area contributed by atoms with E-state index in [1.54, 1.807) is 19.1 Å². The first-order valence-electron chi connectivity index (χ1n) is 9.06. The van der Waals surface area contributed by atoms with Crippen molar-refractivity contribution in [1.29, 1.82) is 0 Å². The van der Waals surface area contributed by atoms with Crippen molar-refractivity contribution in [3.8, 4) is 0 Å². The summed E-state index contributed by atoms with van der Waals surface area (Å²) in [6.45, 7) is 9.89. The molecule has 1 atom stereocenters. The number of esters is 1. The number of nitrogens with one attached hydrogen (secondary N) is 1. The Morgan fingerprint density at radius 1 is 1.00 bits per heavy atom. The van der Waals surface area contributed by atoms with Crippen molar-refractivity contribution in [2.75, 3.05) is 5.32 Å². The first kappa shape index (κ1) is 20.6. The van der Waals surface area contributed by atoms with Crippen LogP contribution in [0.15, 0.2) is 42.5 Å². The van der Waals surface area contributed by atoms with Gasteiger partial charge in [0, 0.05) is 5.69 Å². The molecule has 0 saturated carbocycles. The van der Waals surface area contributed by atoms with Gasteiger partial charge in [0.1, 0.15) is 0 Å². The molecule has 0 bridgehead atoms. The first-order valence-corrected chi connectivity index (χ1v) is 9.06. The molecule has 1 amide bonds. The number of hydrogen-bond donors (Lipinski definition) is 1. The maximum absolute atomic E-state index is 12.3. The van der Waals surface area contributed by atoms with Gasteiger partial charge in [0.15, 0.2) is 6.10 Å². The van der Waals surface area contributed by atoms with Gasteiger partial charge in [-0.3, -0.25) is 4.79 Å². The molecule has 0 radical (unpaired) electrons. The Labute approximate surface area is 160 Å². The highest BCUT2D eigenvalue weighted by atomic mass is 16.5. The highest BCUT2D eigenvalue weighted by Crippen LogP contribution is 2.17. The van der Waals surface area contributed by atoms with E-state index in [4.69, 9.17) is 9.47 Å². The van der Waals surface area contributed by atoms with Crippen LogP contribution in [0.3, 0.4) is 0 Å². The van der Waals surface area contributed by atoms with Crippen LogP contribution in [0.4, 0.5) is 5.69 Å². The van der Waals surface area contributed by atoms with Gasteiger partial charge < -0.3 is 14.8 Å². The molecule has 0 aliphatic carbocycles. The van der Waals surface area contributed by atoms with E-state index in [1.165, 1.54) is 0 Å². The topological polar surface area (TPSA) is 64.6 Å². The molecule has 1 N–H and O–H groups in total. The summed E-state index contributed by atoms with van der Waals surface area (Å²) >= 11 is 0. The van der Waals surface area contributed by atoms with Crippen LogP contribution < -0.4 is 5.32 Å². The summed E-state index contributed by atoms with van der Waals surface area (Å²) in [5.41, 5.74) is 4.16. The van der Waals surface area contributed by atoms with Gasteiger partial charge in [-0.05, 0) is 63.9 Å². The molecule has 0 saturated heterocycles. The predicted octanol–water partition coefficient (Wildman–Crippen LogP) is 4.41. The van der Waals surface area contributed by atoms with Crippen LogP contribution in [-0.4, -0.2) is 24.1 Å². The first-order chi connectivity index (χ1) is 12.8. The molecule has 0 fully saturated rings. The molecule has 5 heteroatoms. The summed E-state index contributed by atoms with van der Waals surface area (Å²) in [6.07, 6.45) is -0.756. The van der Waals surface area contributed by atoms with Crippen LogP contribution in [0.25, 0.3) is 0 Å². The zero-order valence-electron chi connectivity index (χ0n) is 16.5. The van der Waals surface area contributed by atoms with E-state index >= 15 is 0 Å². The monoisotopic (exact) mass is 369 g/mol. The van der Waals surface area contributed by atoms with Crippen LogP contribution in [0.1, 0.15) is 47.8 Å². The third-order valence-corrected chi connectivity index (χ3v) is 4.07. The maximum atomic E-state index is 12.3. The molecule has 2 aromatic carbocycles. The minimum atomic E-state index is -0.901. The second-order valence-corrected chi connectivity index (χ2v) is 6.91. The van der Waals surface area contributed by atoms with Crippen molar-refractivity contribution < 1.29 is 19.1 Å².